The van der Waals surface area contributed by atoms with Crippen molar-refractivity contribution >= 4 is 11.9 Å². The van der Waals surface area contributed by atoms with Crippen LogP contribution in [0.4, 0.5) is 9.18 Å². The molecule has 2 rings (SSSR count). The van der Waals surface area contributed by atoms with Gasteiger partial charge in [0.1, 0.15) is 11.4 Å². The third-order valence-electron chi connectivity index (χ3n) is 4.08. The van der Waals surface area contributed by atoms with Crippen molar-refractivity contribution in [3.8, 4) is 0 Å². The summed E-state index contributed by atoms with van der Waals surface area (Å²) in [7, 11) is 0. The average molecular weight is 322 g/mol. The number of nitrogens with zero attached hydrogens (tertiary/aromatic N) is 1. The fourth-order valence-electron chi connectivity index (χ4n) is 2.82. The molecular formula is C17H23FN2O3. The van der Waals surface area contributed by atoms with E-state index in [1.165, 1.54) is 17.0 Å². The molecule has 1 aromatic carbocycles. The molecule has 1 heterocycles. The molecule has 1 saturated heterocycles. The molecule has 0 unspecified atom stereocenters. The third-order valence-corrected chi connectivity index (χ3v) is 4.08. The van der Waals surface area contributed by atoms with Gasteiger partial charge in [0.25, 0.3) is 5.91 Å². The zero-order chi connectivity index (χ0) is 16.9. The lowest BCUT2D eigenvalue weighted by atomic mass is 9.85. The second kappa shape index (κ2) is 7.55. The lowest BCUT2D eigenvalue weighted by Gasteiger charge is -2.27. The summed E-state index contributed by atoms with van der Waals surface area (Å²) in [6, 6.07) is 5.33. The Morgan fingerprint density at radius 2 is 1.91 bits per heavy atom. The molecule has 0 saturated carbocycles. The van der Waals surface area contributed by atoms with E-state index in [1.807, 2.05) is 13.8 Å². The summed E-state index contributed by atoms with van der Waals surface area (Å²) in [6.45, 7) is 4.93. The molecule has 1 aromatic rings. The number of halogens is 1. The molecule has 1 fully saturated rings. The van der Waals surface area contributed by atoms with Crippen LogP contribution in [-0.4, -0.2) is 36.6 Å². The third kappa shape index (κ3) is 3.52. The molecule has 6 heteroatoms. The Hall–Kier alpha value is -1.95. The Morgan fingerprint density at radius 1 is 1.22 bits per heavy atom. The quantitative estimate of drug-likeness (QED) is 0.591. The first-order chi connectivity index (χ1) is 11.0. The number of hydrogen-bond acceptors (Lipinski definition) is 3. The Morgan fingerprint density at radius 3 is 2.52 bits per heavy atom. The predicted molar refractivity (Wildman–Crippen MR) is 84.3 cm³/mol. The number of rotatable bonds is 8. The molecular weight excluding hydrogens is 299 g/mol. The largest absolute Gasteiger partial charge is 0.380 e. The van der Waals surface area contributed by atoms with Gasteiger partial charge in [-0.05, 0) is 31.0 Å². The summed E-state index contributed by atoms with van der Waals surface area (Å²) in [6.07, 6.45) is 2.17. The van der Waals surface area contributed by atoms with E-state index >= 15 is 0 Å². The van der Waals surface area contributed by atoms with Gasteiger partial charge in [0.15, 0.2) is 0 Å². The van der Waals surface area contributed by atoms with Gasteiger partial charge in [-0.15, -0.1) is 0 Å². The van der Waals surface area contributed by atoms with Crippen LogP contribution in [0.25, 0.3) is 0 Å². The number of urea groups is 1. The first kappa shape index (κ1) is 17.4. The number of benzene rings is 1. The number of imide groups is 1. The Balaban J connectivity index is 2.29. The number of ether oxygens (including phenoxy) is 1. The Labute approximate surface area is 135 Å². The van der Waals surface area contributed by atoms with E-state index in [-0.39, 0.29) is 18.3 Å². The molecule has 0 spiro atoms. The van der Waals surface area contributed by atoms with Crippen LogP contribution < -0.4 is 5.32 Å². The molecule has 23 heavy (non-hydrogen) atoms. The highest BCUT2D eigenvalue weighted by Gasteiger charge is 2.51. The van der Waals surface area contributed by atoms with Gasteiger partial charge in [0.2, 0.25) is 0 Å². The van der Waals surface area contributed by atoms with Crippen molar-refractivity contribution in [3.05, 3.63) is 35.6 Å². The Bertz CT molecular complexity index is 561. The number of unbranched alkanes of at least 4 members (excludes halogenated alkanes) is 1. The zero-order valence-electron chi connectivity index (χ0n) is 13.6. The fourth-order valence-corrected chi connectivity index (χ4v) is 2.82. The lowest BCUT2D eigenvalue weighted by Crippen LogP contribution is -2.44. The highest BCUT2D eigenvalue weighted by Crippen LogP contribution is 2.34. The van der Waals surface area contributed by atoms with E-state index in [4.69, 9.17) is 4.74 Å². The van der Waals surface area contributed by atoms with Gasteiger partial charge < -0.3 is 10.1 Å². The summed E-state index contributed by atoms with van der Waals surface area (Å²) in [5.41, 5.74) is -0.489. The first-order valence-electron chi connectivity index (χ1n) is 8.03. The average Bonchev–Trinajstić information content (AvgIpc) is 2.79. The molecule has 5 nitrogen and oxygen atoms in total. The van der Waals surface area contributed by atoms with Gasteiger partial charge in [-0.1, -0.05) is 31.9 Å². The van der Waals surface area contributed by atoms with Gasteiger partial charge in [-0.25, -0.2) is 9.18 Å². The number of nitrogens with one attached hydrogen (secondary N) is 1. The van der Waals surface area contributed by atoms with Crippen LogP contribution >= 0.6 is 0 Å². The SMILES string of the molecule is CCCC[C@@]1(c2ccc(F)cc2)NC(=O)N(CCOCC)C1=O. The molecule has 0 aromatic heterocycles. The molecule has 1 aliphatic rings. The number of hydrogen-bond donors (Lipinski definition) is 1. The molecule has 1 N–H and O–H groups in total. The summed E-state index contributed by atoms with van der Waals surface area (Å²) in [5, 5.41) is 2.82. The molecule has 0 aliphatic carbocycles. The van der Waals surface area contributed by atoms with Crippen LogP contribution in [0.1, 0.15) is 38.7 Å². The van der Waals surface area contributed by atoms with Crippen LogP contribution in [0, 0.1) is 5.82 Å². The Kier molecular flexibility index (Phi) is 5.71. The molecule has 0 radical (unpaired) electrons. The van der Waals surface area contributed by atoms with Crippen LogP contribution in [0.5, 0.6) is 0 Å². The maximum atomic E-state index is 13.2. The van der Waals surface area contributed by atoms with E-state index in [0.717, 1.165) is 12.8 Å². The van der Waals surface area contributed by atoms with Crippen molar-refractivity contribution < 1.29 is 18.7 Å². The highest BCUT2D eigenvalue weighted by molar-refractivity contribution is 6.07. The summed E-state index contributed by atoms with van der Waals surface area (Å²) >= 11 is 0. The smallest absolute Gasteiger partial charge is 0.325 e. The van der Waals surface area contributed by atoms with E-state index < -0.39 is 11.6 Å². The van der Waals surface area contributed by atoms with Gasteiger partial charge in [0.05, 0.1) is 13.2 Å². The lowest BCUT2D eigenvalue weighted by molar-refractivity contribution is -0.132. The normalized spacial score (nSPS) is 20.9. The minimum Gasteiger partial charge on any atom is -0.380 e. The maximum absolute atomic E-state index is 13.2. The van der Waals surface area contributed by atoms with Gasteiger partial charge in [-0.3, -0.25) is 9.69 Å². The molecule has 0 bridgehead atoms. The van der Waals surface area contributed by atoms with Gasteiger partial charge >= 0.3 is 6.03 Å². The molecule has 1 atom stereocenters. The topological polar surface area (TPSA) is 58.6 Å². The van der Waals surface area contributed by atoms with E-state index in [9.17, 15) is 14.0 Å². The van der Waals surface area contributed by atoms with Crippen molar-refractivity contribution in [2.75, 3.05) is 19.8 Å². The second-order valence-electron chi connectivity index (χ2n) is 5.60. The van der Waals surface area contributed by atoms with E-state index in [0.29, 0.717) is 25.2 Å². The summed E-state index contributed by atoms with van der Waals surface area (Å²) < 4.78 is 18.4. The van der Waals surface area contributed by atoms with Crippen LogP contribution in [0.2, 0.25) is 0 Å². The maximum Gasteiger partial charge on any atom is 0.325 e. The van der Waals surface area contributed by atoms with Crippen molar-refractivity contribution in [1.82, 2.24) is 10.2 Å². The van der Waals surface area contributed by atoms with E-state index in [1.54, 1.807) is 12.1 Å². The summed E-state index contributed by atoms with van der Waals surface area (Å²) in [5.74, 6) is -0.661. The molecule has 1 aliphatic heterocycles. The van der Waals surface area contributed by atoms with Crippen molar-refractivity contribution in [2.45, 2.75) is 38.6 Å². The molecule has 3 amide bonds. The number of carbonyl (C=O) groups excluding carboxylic acids is 2. The van der Waals surface area contributed by atoms with E-state index in [2.05, 4.69) is 5.32 Å². The molecule has 126 valence electrons. The highest BCUT2D eigenvalue weighted by atomic mass is 19.1. The predicted octanol–water partition coefficient (Wildman–Crippen LogP) is 2.80. The minimum atomic E-state index is -1.10. The van der Waals surface area contributed by atoms with Gasteiger partial charge in [-0.2, -0.15) is 0 Å². The standard InChI is InChI=1S/C17H23FN2O3/c1-3-5-10-17(13-6-8-14(18)9-7-13)15(21)20(16(22)19-17)11-12-23-4-2/h6-9H,3-5,10-12H2,1-2H3,(H,19,22)/t17-/m0/s1. The monoisotopic (exact) mass is 322 g/mol. The number of carbonyl (C=O) groups is 2. The first-order valence-corrected chi connectivity index (χ1v) is 8.03. The van der Waals surface area contributed by atoms with Crippen LogP contribution in [0.3, 0.4) is 0 Å². The van der Waals surface area contributed by atoms with Crippen molar-refractivity contribution in [2.24, 2.45) is 0 Å². The fraction of sp³-hybridized carbons (Fsp3) is 0.529. The van der Waals surface area contributed by atoms with Crippen LogP contribution in [-0.2, 0) is 15.1 Å². The van der Waals surface area contributed by atoms with Crippen molar-refractivity contribution in [3.63, 3.8) is 0 Å². The minimum absolute atomic E-state index is 0.216. The summed E-state index contributed by atoms with van der Waals surface area (Å²) in [4.78, 5) is 26.4. The van der Waals surface area contributed by atoms with Gasteiger partial charge in [0, 0.05) is 6.61 Å². The van der Waals surface area contributed by atoms with Crippen LogP contribution in [0.15, 0.2) is 24.3 Å². The number of amides is 3. The zero-order valence-corrected chi connectivity index (χ0v) is 13.6. The van der Waals surface area contributed by atoms with Crippen molar-refractivity contribution in [1.29, 1.82) is 0 Å². The second-order valence-corrected chi connectivity index (χ2v) is 5.60.